The van der Waals surface area contributed by atoms with Gasteiger partial charge in [0.2, 0.25) is 0 Å². The van der Waals surface area contributed by atoms with Crippen LogP contribution in [0.5, 0.6) is 0 Å². The Hall–Kier alpha value is -1.85. The molecule has 0 saturated carbocycles. The lowest BCUT2D eigenvalue weighted by Crippen LogP contribution is -2.26. The van der Waals surface area contributed by atoms with Crippen LogP contribution in [0.25, 0.3) is 0 Å². The monoisotopic (exact) mass is 221 g/mol. The molecule has 2 rings (SSSR count). The fraction of sp³-hybridized carbons (Fsp3) is 0.500. The molecule has 2 aromatic heterocycles. The summed E-state index contributed by atoms with van der Waals surface area (Å²) in [6, 6.07) is 0.174. The van der Waals surface area contributed by atoms with Crippen LogP contribution in [0, 0.1) is 0 Å². The second-order valence-electron chi connectivity index (χ2n) is 4.01. The molecule has 86 valence electrons. The quantitative estimate of drug-likeness (QED) is 0.754. The minimum absolute atomic E-state index is 0.0157. The molecule has 6 nitrogen and oxygen atoms in total. The van der Waals surface area contributed by atoms with Crippen LogP contribution in [0.1, 0.15) is 25.7 Å². The average Bonchev–Trinajstić information content (AvgIpc) is 2.76. The van der Waals surface area contributed by atoms with Crippen LogP contribution in [0.3, 0.4) is 0 Å². The third-order valence-corrected chi connectivity index (χ3v) is 2.55. The maximum absolute atomic E-state index is 11.9. The van der Waals surface area contributed by atoms with Crippen molar-refractivity contribution < 1.29 is 0 Å². The first kappa shape index (κ1) is 10.7. The summed E-state index contributed by atoms with van der Waals surface area (Å²) in [7, 11) is 1.81. The summed E-state index contributed by atoms with van der Waals surface area (Å²) in [4.78, 5) is 16.0. The van der Waals surface area contributed by atoms with Gasteiger partial charge in [0.25, 0.3) is 0 Å². The number of hydrogen-bond acceptors (Lipinski definition) is 3. The van der Waals surface area contributed by atoms with Crippen LogP contribution >= 0.6 is 0 Å². The first-order valence-electron chi connectivity index (χ1n) is 5.19. The van der Waals surface area contributed by atoms with Crippen LogP contribution in [0.2, 0.25) is 0 Å². The highest BCUT2D eigenvalue weighted by atomic mass is 16.1. The van der Waals surface area contributed by atoms with Gasteiger partial charge >= 0.3 is 5.69 Å². The van der Waals surface area contributed by atoms with E-state index in [4.69, 9.17) is 0 Å². The van der Waals surface area contributed by atoms with Gasteiger partial charge in [-0.2, -0.15) is 5.10 Å². The summed E-state index contributed by atoms with van der Waals surface area (Å²) in [5, 5.41) is 3.97. The average molecular weight is 221 g/mol. The summed E-state index contributed by atoms with van der Waals surface area (Å²) >= 11 is 0. The largest absolute Gasteiger partial charge is 0.328 e. The highest BCUT2D eigenvalue weighted by Gasteiger charge is 2.08. The minimum atomic E-state index is -0.0157. The number of nitrogens with zero attached hydrogens (tertiary/aromatic N) is 5. The Morgan fingerprint density at radius 3 is 2.62 bits per heavy atom. The molecule has 0 radical (unpaired) electrons. The normalized spacial score (nSPS) is 11.2. The Kier molecular flexibility index (Phi) is 2.64. The lowest BCUT2D eigenvalue weighted by atomic mass is 10.4. The summed E-state index contributed by atoms with van der Waals surface area (Å²) < 4.78 is 4.99. The highest BCUT2D eigenvalue weighted by molar-refractivity contribution is 4.90. The molecule has 0 N–H and O–H groups in total. The first-order valence-corrected chi connectivity index (χ1v) is 5.19. The van der Waals surface area contributed by atoms with Crippen molar-refractivity contribution in [3.05, 3.63) is 35.0 Å². The molecular formula is C10H15N5O. The standard InChI is InChI=1S/C10H15N5O/c1-8(2)15-5-4-14(10(15)16)6-9-11-7-12-13(9)3/h4-5,7-8H,6H2,1-3H3. The minimum Gasteiger partial charge on any atom is -0.297 e. The molecule has 0 unspecified atom stereocenters. The molecule has 2 heterocycles. The van der Waals surface area contributed by atoms with Crippen molar-refractivity contribution in [2.45, 2.75) is 26.4 Å². The molecule has 0 atom stereocenters. The molecule has 0 aromatic carbocycles. The van der Waals surface area contributed by atoms with Gasteiger partial charge in [0, 0.05) is 25.5 Å². The zero-order valence-electron chi connectivity index (χ0n) is 9.66. The van der Waals surface area contributed by atoms with Gasteiger partial charge in [0.1, 0.15) is 12.2 Å². The fourth-order valence-corrected chi connectivity index (χ4v) is 1.56. The predicted octanol–water partition coefficient (Wildman–Crippen LogP) is 0.407. The van der Waals surface area contributed by atoms with Crippen LogP contribution in [-0.2, 0) is 13.6 Å². The maximum Gasteiger partial charge on any atom is 0.328 e. The van der Waals surface area contributed by atoms with E-state index in [1.165, 1.54) is 6.33 Å². The molecule has 0 aliphatic rings. The molecule has 0 spiro atoms. The molecule has 6 heteroatoms. The molecule has 16 heavy (non-hydrogen) atoms. The molecule has 0 saturated heterocycles. The third-order valence-electron chi connectivity index (χ3n) is 2.55. The lowest BCUT2D eigenvalue weighted by molar-refractivity contribution is 0.553. The van der Waals surface area contributed by atoms with Gasteiger partial charge in [-0.15, -0.1) is 0 Å². The van der Waals surface area contributed by atoms with Crippen molar-refractivity contribution in [3.8, 4) is 0 Å². The van der Waals surface area contributed by atoms with Gasteiger partial charge in [-0.1, -0.05) is 0 Å². The van der Waals surface area contributed by atoms with E-state index in [1.54, 1.807) is 26.2 Å². The summed E-state index contributed by atoms with van der Waals surface area (Å²) in [5.74, 6) is 0.767. The van der Waals surface area contributed by atoms with E-state index < -0.39 is 0 Å². The third kappa shape index (κ3) is 1.78. The van der Waals surface area contributed by atoms with Crippen molar-refractivity contribution in [3.63, 3.8) is 0 Å². The number of aromatic nitrogens is 5. The zero-order valence-corrected chi connectivity index (χ0v) is 9.66. The molecule has 0 aliphatic carbocycles. The van der Waals surface area contributed by atoms with E-state index in [2.05, 4.69) is 10.1 Å². The van der Waals surface area contributed by atoms with Crippen LogP contribution in [0.15, 0.2) is 23.5 Å². The number of imidazole rings is 1. The zero-order chi connectivity index (χ0) is 11.7. The summed E-state index contributed by atoms with van der Waals surface area (Å²) in [6.07, 6.45) is 5.06. The van der Waals surface area contributed by atoms with E-state index in [0.717, 1.165) is 5.82 Å². The van der Waals surface area contributed by atoms with Crippen LogP contribution in [0.4, 0.5) is 0 Å². The Balaban J connectivity index is 2.30. The second-order valence-corrected chi connectivity index (χ2v) is 4.01. The lowest BCUT2D eigenvalue weighted by Gasteiger charge is -2.04. The van der Waals surface area contributed by atoms with E-state index >= 15 is 0 Å². The van der Waals surface area contributed by atoms with Crippen LogP contribution < -0.4 is 5.69 Å². The van der Waals surface area contributed by atoms with Gasteiger partial charge in [-0.3, -0.25) is 13.8 Å². The van der Waals surface area contributed by atoms with E-state index in [9.17, 15) is 4.79 Å². The van der Waals surface area contributed by atoms with Crippen LogP contribution in [-0.4, -0.2) is 23.9 Å². The smallest absolute Gasteiger partial charge is 0.297 e. The van der Waals surface area contributed by atoms with Crippen molar-refractivity contribution in [2.75, 3.05) is 0 Å². The highest BCUT2D eigenvalue weighted by Crippen LogP contribution is 2.00. The van der Waals surface area contributed by atoms with E-state index in [-0.39, 0.29) is 11.7 Å². The fourth-order valence-electron chi connectivity index (χ4n) is 1.56. The summed E-state index contributed by atoms with van der Waals surface area (Å²) in [6.45, 7) is 4.41. The maximum atomic E-state index is 11.9. The number of rotatable bonds is 3. The molecule has 0 aliphatic heterocycles. The van der Waals surface area contributed by atoms with Gasteiger partial charge in [0.15, 0.2) is 0 Å². The molecule has 0 bridgehead atoms. The van der Waals surface area contributed by atoms with Crippen molar-refractivity contribution in [1.29, 1.82) is 0 Å². The Morgan fingerprint density at radius 1 is 1.38 bits per heavy atom. The summed E-state index contributed by atoms with van der Waals surface area (Å²) in [5.41, 5.74) is -0.0157. The Labute approximate surface area is 93.2 Å². The van der Waals surface area contributed by atoms with Gasteiger partial charge in [-0.05, 0) is 13.8 Å². The Bertz CT molecular complexity index is 533. The molecule has 2 aromatic rings. The van der Waals surface area contributed by atoms with Gasteiger partial charge in [-0.25, -0.2) is 9.78 Å². The molecular weight excluding hydrogens is 206 g/mol. The van der Waals surface area contributed by atoms with E-state index in [0.29, 0.717) is 6.54 Å². The van der Waals surface area contributed by atoms with Crippen molar-refractivity contribution in [1.82, 2.24) is 23.9 Å². The van der Waals surface area contributed by atoms with E-state index in [1.807, 2.05) is 20.9 Å². The van der Waals surface area contributed by atoms with Crippen molar-refractivity contribution >= 4 is 0 Å². The number of hydrogen-bond donors (Lipinski definition) is 0. The van der Waals surface area contributed by atoms with Gasteiger partial charge in [0.05, 0.1) is 6.54 Å². The van der Waals surface area contributed by atoms with Crippen molar-refractivity contribution in [2.24, 2.45) is 7.05 Å². The molecule has 0 fully saturated rings. The van der Waals surface area contributed by atoms with Gasteiger partial charge < -0.3 is 0 Å². The predicted molar refractivity (Wildman–Crippen MR) is 59.2 cm³/mol. The first-order chi connectivity index (χ1) is 7.59. The second kappa shape index (κ2) is 3.96. The Morgan fingerprint density at radius 2 is 2.12 bits per heavy atom. The topological polar surface area (TPSA) is 57.6 Å². The SMILES string of the molecule is CC(C)n1ccn(Cc2ncnn2C)c1=O. The number of aryl methyl sites for hydroxylation is 1. The molecule has 0 amide bonds.